The zero-order valence-corrected chi connectivity index (χ0v) is 16.6. The van der Waals surface area contributed by atoms with Crippen LogP contribution in [0.2, 0.25) is 0 Å². The van der Waals surface area contributed by atoms with Gasteiger partial charge in [-0.05, 0) is 54.1 Å². The second-order valence-electron chi connectivity index (χ2n) is 7.51. The Morgan fingerprint density at radius 3 is 2.15 bits per heavy atom. The van der Waals surface area contributed by atoms with E-state index >= 15 is 0 Å². The van der Waals surface area contributed by atoms with Gasteiger partial charge in [0.1, 0.15) is 0 Å². The first-order valence-corrected chi connectivity index (χ1v) is 9.38. The Kier molecular flexibility index (Phi) is 7.34. The van der Waals surface area contributed by atoms with E-state index in [1.807, 2.05) is 19.2 Å². The highest BCUT2D eigenvalue weighted by Gasteiger charge is 2.16. The fourth-order valence-corrected chi connectivity index (χ4v) is 3.07. The predicted octanol–water partition coefficient (Wildman–Crippen LogP) is 4.44. The molecule has 0 saturated carbocycles. The zero-order chi connectivity index (χ0) is 19.1. The molecule has 1 aromatic carbocycles. The molecule has 4 heteroatoms. The van der Waals surface area contributed by atoms with Crippen LogP contribution in [0.1, 0.15) is 56.2 Å². The topological polar surface area (TPSA) is 45.2 Å². The van der Waals surface area contributed by atoms with Crippen molar-refractivity contribution in [1.29, 1.82) is 0 Å². The average molecular weight is 354 g/mol. The Labute approximate surface area is 157 Å². The van der Waals surface area contributed by atoms with Gasteiger partial charge in [-0.3, -0.25) is 14.7 Å². The van der Waals surface area contributed by atoms with Crippen LogP contribution >= 0.6 is 0 Å². The molecule has 0 radical (unpaired) electrons. The van der Waals surface area contributed by atoms with Crippen LogP contribution in [0.15, 0.2) is 42.7 Å². The van der Waals surface area contributed by atoms with Gasteiger partial charge in [0.2, 0.25) is 5.91 Å². The van der Waals surface area contributed by atoms with E-state index in [-0.39, 0.29) is 5.91 Å². The van der Waals surface area contributed by atoms with Crippen LogP contribution in [0.25, 0.3) is 0 Å². The normalized spacial score (nSPS) is 11.4. The number of anilines is 1. The van der Waals surface area contributed by atoms with E-state index in [1.165, 1.54) is 16.7 Å². The summed E-state index contributed by atoms with van der Waals surface area (Å²) >= 11 is 0. The number of rotatable bonds is 8. The van der Waals surface area contributed by atoms with Crippen molar-refractivity contribution < 1.29 is 4.79 Å². The largest absolute Gasteiger partial charge is 0.324 e. The third kappa shape index (κ3) is 5.67. The third-order valence-electron chi connectivity index (χ3n) is 4.58. The third-order valence-corrected chi connectivity index (χ3v) is 4.58. The van der Waals surface area contributed by atoms with Gasteiger partial charge in [-0.2, -0.15) is 0 Å². The van der Waals surface area contributed by atoms with Crippen LogP contribution in [0.4, 0.5) is 5.69 Å². The maximum Gasteiger partial charge on any atom is 0.238 e. The molecule has 0 bridgehead atoms. The van der Waals surface area contributed by atoms with Gasteiger partial charge in [0.25, 0.3) is 0 Å². The first-order chi connectivity index (χ1) is 12.4. The molecule has 0 saturated heterocycles. The number of aromatic nitrogens is 1. The number of benzene rings is 1. The maximum absolute atomic E-state index is 12.6. The van der Waals surface area contributed by atoms with Crippen molar-refractivity contribution in [1.82, 2.24) is 9.88 Å². The summed E-state index contributed by atoms with van der Waals surface area (Å²) in [6.45, 7) is 9.87. The molecular formula is C22H31N3O. The number of hydrogen-bond donors (Lipinski definition) is 1. The molecule has 26 heavy (non-hydrogen) atoms. The Bertz CT molecular complexity index is 684. The van der Waals surface area contributed by atoms with Crippen molar-refractivity contribution >= 4 is 11.6 Å². The molecule has 0 unspecified atom stereocenters. The molecule has 0 spiro atoms. The predicted molar refractivity (Wildman–Crippen MR) is 109 cm³/mol. The van der Waals surface area contributed by atoms with Gasteiger partial charge in [-0.15, -0.1) is 0 Å². The molecule has 140 valence electrons. The fraction of sp³-hybridized carbons (Fsp3) is 0.455. The van der Waals surface area contributed by atoms with Crippen LogP contribution in [0.5, 0.6) is 0 Å². The number of nitrogens with zero attached hydrogens (tertiary/aromatic N) is 2. The number of amides is 1. The second-order valence-corrected chi connectivity index (χ2v) is 7.51. The van der Waals surface area contributed by atoms with Crippen LogP contribution in [0, 0.1) is 0 Å². The molecule has 1 heterocycles. The van der Waals surface area contributed by atoms with Gasteiger partial charge in [-0.1, -0.05) is 45.9 Å². The Balaban J connectivity index is 2.00. The van der Waals surface area contributed by atoms with Crippen LogP contribution in [-0.4, -0.2) is 35.9 Å². The summed E-state index contributed by atoms with van der Waals surface area (Å²) < 4.78 is 0. The van der Waals surface area contributed by atoms with E-state index in [2.05, 4.69) is 61.1 Å². The molecule has 2 aromatic rings. The Hall–Kier alpha value is -2.20. The Morgan fingerprint density at radius 1 is 1.04 bits per heavy atom. The van der Waals surface area contributed by atoms with Crippen LogP contribution < -0.4 is 5.32 Å². The van der Waals surface area contributed by atoms with Crippen molar-refractivity contribution in [2.45, 2.75) is 46.0 Å². The van der Waals surface area contributed by atoms with Crippen LogP contribution in [-0.2, 0) is 11.2 Å². The molecule has 2 rings (SSSR count). The lowest BCUT2D eigenvalue weighted by Gasteiger charge is -2.22. The molecule has 0 aliphatic rings. The summed E-state index contributed by atoms with van der Waals surface area (Å²) in [4.78, 5) is 18.7. The van der Waals surface area contributed by atoms with Gasteiger partial charge in [0.05, 0.1) is 6.54 Å². The van der Waals surface area contributed by atoms with E-state index < -0.39 is 0 Å². The number of pyridine rings is 1. The monoisotopic (exact) mass is 353 g/mol. The highest BCUT2D eigenvalue weighted by molar-refractivity contribution is 5.94. The minimum Gasteiger partial charge on any atom is -0.324 e. The van der Waals surface area contributed by atoms with Gasteiger partial charge in [0, 0.05) is 24.6 Å². The molecule has 1 N–H and O–H groups in total. The van der Waals surface area contributed by atoms with E-state index in [4.69, 9.17) is 0 Å². The lowest BCUT2D eigenvalue weighted by molar-refractivity contribution is -0.117. The zero-order valence-electron chi connectivity index (χ0n) is 16.6. The van der Waals surface area contributed by atoms with Crippen molar-refractivity contribution in [3.63, 3.8) is 0 Å². The molecule has 0 atom stereocenters. The highest BCUT2D eigenvalue weighted by Crippen LogP contribution is 2.32. The SMILES string of the molecule is CC(C)c1cccc(C(C)C)c1NC(=O)CN(C)CCc1ccncc1. The number of carbonyl (C=O) groups excluding carboxylic acids is 1. The molecule has 0 aliphatic heterocycles. The van der Waals surface area contributed by atoms with Gasteiger partial charge in [0.15, 0.2) is 0 Å². The molecule has 4 nitrogen and oxygen atoms in total. The minimum absolute atomic E-state index is 0.0391. The number of carbonyl (C=O) groups is 1. The number of likely N-dealkylation sites (N-methyl/N-ethyl adjacent to an activating group) is 1. The second kappa shape index (κ2) is 9.48. The summed E-state index contributed by atoms with van der Waals surface area (Å²) in [7, 11) is 1.98. The van der Waals surface area contributed by atoms with E-state index in [1.54, 1.807) is 12.4 Å². The fourth-order valence-electron chi connectivity index (χ4n) is 3.07. The van der Waals surface area contributed by atoms with Crippen molar-refractivity contribution in [3.8, 4) is 0 Å². The van der Waals surface area contributed by atoms with Gasteiger partial charge < -0.3 is 5.32 Å². The van der Waals surface area contributed by atoms with Crippen molar-refractivity contribution in [3.05, 3.63) is 59.4 Å². The molecule has 0 aliphatic carbocycles. The van der Waals surface area contributed by atoms with Crippen molar-refractivity contribution in [2.24, 2.45) is 0 Å². The molecule has 1 amide bonds. The standard InChI is InChI=1S/C22H31N3O/c1-16(2)19-7-6-8-20(17(3)4)22(19)24-21(26)15-25(5)14-11-18-9-12-23-13-10-18/h6-10,12-13,16-17H,11,14-15H2,1-5H3,(H,24,26). The summed E-state index contributed by atoms with van der Waals surface area (Å²) in [5.41, 5.74) is 4.62. The minimum atomic E-state index is 0.0391. The molecular weight excluding hydrogens is 322 g/mol. The van der Waals surface area contributed by atoms with Crippen LogP contribution in [0.3, 0.4) is 0 Å². The lowest BCUT2D eigenvalue weighted by atomic mass is 9.92. The number of para-hydroxylation sites is 1. The number of hydrogen-bond acceptors (Lipinski definition) is 3. The summed E-state index contributed by atoms with van der Waals surface area (Å²) in [6.07, 6.45) is 4.52. The van der Waals surface area contributed by atoms with Gasteiger partial charge >= 0.3 is 0 Å². The van der Waals surface area contributed by atoms with Gasteiger partial charge in [-0.25, -0.2) is 0 Å². The first-order valence-electron chi connectivity index (χ1n) is 9.38. The smallest absolute Gasteiger partial charge is 0.238 e. The van der Waals surface area contributed by atoms with Crippen molar-refractivity contribution in [2.75, 3.05) is 25.5 Å². The van der Waals surface area contributed by atoms with E-state index in [9.17, 15) is 4.79 Å². The summed E-state index contributed by atoms with van der Waals surface area (Å²) in [5.74, 6) is 0.777. The molecule has 1 aromatic heterocycles. The first kappa shape index (κ1) is 20.1. The number of nitrogens with one attached hydrogen (secondary N) is 1. The summed E-state index contributed by atoms with van der Waals surface area (Å²) in [6, 6.07) is 10.3. The summed E-state index contributed by atoms with van der Waals surface area (Å²) in [5, 5.41) is 3.18. The quantitative estimate of drug-likeness (QED) is 0.763. The maximum atomic E-state index is 12.6. The van der Waals surface area contributed by atoms with E-state index in [0.29, 0.717) is 18.4 Å². The highest BCUT2D eigenvalue weighted by atomic mass is 16.2. The van der Waals surface area contributed by atoms with E-state index in [0.717, 1.165) is 18.7 Å². The average Bonchev–Trinajstić information content (AvgIpc) is 2.60. The molecule has 0 fully saturated rings. The Morgan fingerprint density at radius 2 is 1.62 bits per heavy atom. The lowest BCUT2D eigenvalue weighted by Crippen LogP contribution is -2.32.